The molecule has 1 N–H and O–H groups in total. The second-order valence-electron chi connectivity index (χ2n) is 8.51. The van der Waals surface area contributed by atoms with Crippen LogP contribution < -0.4 is 0 Å². The van der Waals surface area contributed by atoms with E-state index in [4.69, 9.17) is 4.74 Å². The molecule has 2 unspecified atom stereocenters. The number of aliphatic carboxylic acids is 1. The number of carbonyl (C=O) groups excluding carboxylic acids is 1. The number of hydrogen-bond donors (Lipinski definition) is 1. The van der Waals surface area contributed by atoms with Crippen LogP contribution in [-0.4, -0.2) is 17.0 Å². The van der Waals surface area contributed by atoms with Crippen LogP contribution in [0.4, 0.5) is 0 Å². The molecule has 0 bridgehead atoms. The molecule has 5 rings (SSSR count). The summed E-state index contributed by atoms with van der Waals surface area (Å²) in [5.41, 5.74) is 2.64. The Kier molecular flexibility index (Phi) is 5.66. The van der Waals surface area contributed by atoms with Gasteiger partial charge in [0.2, 0.25) is 0 Å². The number of carbonyl (C=O) groups is 2. The molecule has 1 aliphatic rings. The van der Waals surface area contributed by atoms with Crippen molar-refractivity contribution in [2.45, 2.75) is 18.4 Å². The van der Waals surface area contributed by atoms with Gasteiger partial charge in [0.15, 0.2) is 0 Å². The van der Waals surface area contributed by atoms with Gasteiger partial charge in [-0.15, -0.1) is 0 Å². The second-order valence-corrected chi connectivity index (χ2v) is 8.51. The quantitative estimate of drug-likeness (QED) is 0.389. The van der Waals surface area contributed by atoms with Gasteiger partial charge in [-0.25, -0.2) is 0 Å². The van der Waals surface area contributed by atoms with E-state index in [2.05, 4.69) is 0 Å². The molecule has 0 spiro atoms. The summed E-state index contributed by atoms with van der Waals surface area (Å²) in [5, 5.41) is 12.2. The zero-order valence-electron chi connectivity index (χ0n) is 18.0. The Hall–Kier alpha value is -3.92. The Labute approximate surface area is 192 Å². The molecule has 1 aliphatic carbocycles. The average Bonchev–Trinajstić information content (AvgIpc) is 2.83. The van der Waals surface area contributed by atoms with Crippen molar-refractivity contribution < 1.29 is 19.4 Å². The van der Waals surface area contributed by atoms with Crippen molar-refractivity contribution in [2.24, 2.45) is 11.8 Å². The van der Waals surface area contributed by atoms with Crippen LogP contribution in [-0.2, 0) is 20.9 Å². The van der Waals surface area contributed by atoms with Gasteiger partial charge in [0, 0.05) is 11.8 Å². The van der Waals surface area contributed by atoms with E-state index in [0.717, 1.165) is 27.5 Å². The predicted molar refractivity (Wildman–Crippen MR) is 127 cm³/mol. The lowest BCUT2D eigenvalue weighted by molar-refractivity contribution is -0.165. The van der Waals surface area contributed by atoms with Crippen LogP contribution in [0.2, 0.25) is 0 Å². The molecule has 4 nitrogen and oxygen atoms in total. The number of carboxylic acids is 1. The van der Waals surface area contributed by atoms with Gasteiger partial charge in [0.05, 0.1) is 11.8 Å². The third-order valence-corrected chi connectivity index (χ3v) is 6.72. The molecule has 0 heterocycles. The molecule has 1 fully saturated rings. The standard InChI is InChI=1S/C29H24O4/c30-28(31)26-24(20-11-3-1-4-12-20)27(25(26)21-13-5-2-6-14-21)29(32)33-18-22-16-9-15-19-10-7-8-17-23(19)22/h1-17,24-27H,18H2,(H,30,31)/t24-,25?,26?,27+/m1/s1. The van der Waals surface area contributed by atoms with E-state index in [1.54, 1.807) is 0 Å². The highest BCUT2D eigenvalue weighted by Crippen LogP contribution is 2.58. The number of hydrogen-bond acceptors (Lipinski definition) is 3. The van der Waals surface area contributed by atoms with Crippen molar-refractivity contribution in [2.75, 3.05) is 0 Å². The molecule has 0 aromatic heterocycles. The van der Waals surface area contributed by atoms with E-state index < -0.39 is 29.6 Å². The Morgan fingerprint density at radius 2 is 1.21 bits per heavy atom. The van der Waals surface area contributed by atoms with Crippen molar-refractivity contribution in [3.8, 4) is 0 Å². The highest BCUT2D eigenvalue weighted by atomic mass is 16.5. The molecule has 164 valence electrons. The van der Waals surface area contributed by atoms with E-state index in [1.165, 1.54) is 0 Å². The predicted octanol–water partition coefficient (Wildman–Crippen LogP) is 5.78. The van der Waals surface area contributed by atoms with Crippen molar-refractivity contribution in [1.82, 2.24) is 0 Å². The van der Waals surface area contributed by atoms with Gasteiger partial charge in [0.25, 0.3) is 0 Å². The number of ether oxygens (including phenoxy) is 1. The van der Waals surface area contributed by atoms with Crippen LogP contribution in [0.5, 0.6) is 0 Å². The molecule has 0 aliphatic heterocycles. The lowest BCUT2D eigenvalue weighted by Crippen LogP contribution is -2.51. The molecule has 0 amide bonds. The van der Waals surface area contributed by atoms with Crippen LogP contribution in [0.15, 0.2) is 103 Å². The molecule has 4 aromatic rings. The van der Waals surface area contributed by atoms with Crippen molar-refractivity contribution in [3.05, 3.63) is 120 Å². The van der Waals surface area contributed by atoms with Gasteiger partial charge in [-0.2, -0.15) is 0 Å². The summed E-state index contributed by atoms with van der Waals surface area (Å²) in [4.78, 5) is 25.7. The highest BCUT2D eigenvalue weighted by Gasteiger charge is 2.59. The third-order valence-electron chi connectivity index (χ3n) is 6.72. The lowest BCUT2D eigenvalue weighted by atomic mass is 9.52. The van der Waals surface area contributed by atoms with Crippen LogP contribution in [0.1, 0.15) is 28.5 Å². The van der Waals surface area contributed by atoms with Gasteiger partial charge >= 0.3 is 11.9 Å². The SMILES string of the molecule is O=C(O)C1C(c2ccccc2)[C@@H](C(=O)OCc2cccc3ccccc23)[C@@H]1c1ccccc1. The van der Waals surface area contributed by atoms with E-state index in [1.807, 2.05) is 103 Å². The summed E-state index contributed by atoms with van der Waals surface area (Å²) in [6.45, 7) is 0.150. The lowest BCUT2D eigenvalue weighted by Gasteiger charge is -2.49. The summed E-state index contributed by atoms with van der Waals surface area (Å²) in [5.74, 6) is -3.38. The average molecular weight is 437 g/mol. The number of rotatable bonds is 6. The largest absolute Gasteiger partial charge is 0.481 e. The van der Waals surface area contributed by atoms with Crippen LogP contribution in [0.3, 0.4) is 0 Å². The summed E-state index contributed by atoms with van der Waals surface area (Å²) in [7, 11) is 0. The maximum atomic E-state index is 13.5. The topological polar surface area (TPSA) is 63.6 Å². The number of fused-ring (bicyclic) bond motifs is 1. The first-order valence-corrected chi connectivity index (χ1v) is 11.1. The Balaban J connectivity index is 1.47. The fraction of sp³-hybridized carbons (Fsp3) is 0.172. The number of esters is 1. The van der Waals surface area contributed by atoms with Gasteiger partial charge < -0.3 is 9.84 Å². The maximum Gasteiger partial charge on any atom is 0.310 e. The van der Waals surface area contributed by atoms with Crippen LogP contribution >= 0.6 is 0 Å². The Morgan fingerprint density at radius 1 is 0.667 bits per heavy atom. The zero-order valence-corrected chi connectivity index (χ0v) is 18.0. The summed E-state index contributed by atoms with van der Waals surface area (Å²) < 4.78 is 5.84. The van der Waals surface area contributed by atoms with Gasteiger partial charge in [-0.3, -0.25) is 9.59 Å². The van der Waals surface area contributed by atoms with Gasteiger partial charge in [-0.05, 0) is 27.5 Å². The summed E-state index contributed by atoms with van der Waals surface area (Å²) in [6.07, 6.45) is 0. The summed E-state index contributed by atoms with van der Waals surface area (Å²) >= 11 is 0. The first kappa shape index (κ1) is 21.0. The first-order chi connectivity index (χ1) is 16.1. The smallest absolute Gasteiger partial charge is 0.310 e. The number of carboxylic acid groups (broad SMARTS) is 1. The van der Waals surface area contributed by atoms with E-state index >= 15 is 0 Å². The molecule has 0 saturated heterocycles. The highest BCUT2D eigenvalue weighted by molar-refractivity contribution is 5.87. The second kappa shape index (κ2) is 8.91. The molecule has 4 atom stereocenters. The fourth-order valence-corrected chi connectivity index (χ4v) is 5.19. The molecule has 33 heavy (non-hydrogen) atoms. The normalized spacial score (nSPS) is 21.8. The first-order valence-electron chi connectivity index (χ1n) is 11.1. The minimum absolute atomic E-state index is 0.150. The van der Waals surface area contributed by atoms with E-state index in [-0.39, 0.29) is 12.6 Å². The van der Waals surface area contributed by atoms with Gasteiger partial charge in [-0.1, -0.05) is 103 Å². The fourth-order valence-electron chi connectivity index (χ4n) is 5.19. The van der Waals surface area contributed by atoms with Crippen molar-refractivity contribution >= 4 is 22.7 Å². The van der Waals surface area contributed by atoms with E-state index in [9.17, 15) is 14.7 Å². The number of benzene rings is 4. The Morgan fingerprint density at radius 3 is 1.82 bits per heavy atom. The zero-order chi connectivity index (χ0) is 22.8. The molecule has 4 heteroatoms. The molecule has 1 saturated carbocycles. The van der Waals surface area contributed by atoms with Gasteiger partial charge in [0.1, 0.15) is 6.61 Å². The minimum Gasteiger partial charge on any atom is -0.481 e. The van der Waals surface area contributed by atoms with E-state index in [0.29, 0.717) is 0 Å². The minimum atomic E-state index is -0.893. The molecular formula is C29H24O4. The maximum absolute atomic E-state index is 13.5. The van der Waals surface area contributed by atoms with Crippen LogP contribution in [0.25, 0.3) is 10.8 Å². The molecule has 4 aromatic carbocycles. The summed E-state index contributed by atoms with van der Waals surface area (Å²) in [6, 6.07) is 32.8. The van der Waals surface area contributed by atoms with Crippen molar-refractivity contribution in [1.29, 1.82) is 0 Å². The Bertz CT molecular complexity index is 1230. The van der Waals surface area contributed by atoms with Crippen LogP contribution in [0, 0.1) is 11.8 Å². The molecular weight excluding hydrogens is 412 g/mol. The monoisotopic (exact) mass is 436 g/mol. The van der Waals surface area contributed by atoms with Crippen molar-refractivity contribution in [3.63, 3.8) is 0 Å². The molecule has 0 radical (unpaired) electrons. The third kappa shape index (κ3) is 3.89.